The van der Waals surface area contributed by atoms with Gasteiger partial charge in [-0.2, -0.15) is 5.26 Å². The Labute approximate surface area is 96.7 Å². The van der Waals surface area contributed by atoms with Crippen molar-refractivity contribution in [2.75, 3.05) is 0 Å². The number of aromatic nitrogens is 2. The molecule has 0 saturated carbocycles. The lowest BCUT2D eigenvalue weighted by Crippen LogP contribution is -1.94. The number of imidazole rings is 1. The van der Waals surface area contributed by atoms with Crippen LogP contribution in [0.25, 0.3) is 11.4 Å². The fraction of sp³-hybridized carbons (Fsp3) is 0.0909. The Hall–Kier alpha value is -1.86. The highest BCUT2D eigenvalue weighted by atomic mass is 35.5. The van der Waals surface area contributed by atoms with Crippen LogP contribution in [0, 0.1) is 17.1 Å². The SMILES string of the molecule is Cn1c(-c2ccccc2F)nc(C#N)c1Cl. The van der Waals surface area contributed by atoms with Gasteiger partial charge in [0.25, 0.3) is 0 Å². The molecule has 0 atom stereocenters. The second-order valence-electron chi connectivity index (χ2n) is 3.23. The first-order chi connectivity index (χ1) is 7.65. The first-order valence-corrected chi connectivity index (χ1v) is 4.90. The molecule has 0 spiro atoms. The van der Waals surface area contributed by atoms with Gasteiger partial charge in [0.1, 0.15) is 22.9 Å². The number of hydrogen-bond donors (Lipinski definition) is 0. The van der Waals surface area contributed by atoms with Crippen molar-refractivity contribution in [2.45, 2.75) is 0 Å². The van der Waals surface area contributed by atoms with Gasteiger partial charge in [-0.05, 0) is 12.1 Å². The van der Waals surface area contributed by atoms with Crippen molar-refractivity contribution < 1.29 is 4.39 Å². The predicted octanol–water partition coefficient (Wildman–Crippen LogP) is 2.75. The third-order valence-electron chi connectivity index (χ3n) is 2.25. The molecule has 0 saturated heterocycles. The maximum absolute atomic E-state index is 13.5. The third kappa shape index (κ3) is 1.55. The predicted molar refractivity (Wildman–Crippen MR) is 58.3 cm³/mol. The molecule has 5 heteroatoms. The van der Waals surface area contributed by atoms with Crippen LogP contribution in [0.2, 0.25) is 5.15 Å². The van der Waals surface area contributed by atoms with Gasteiger partial charge in [-0.25, -0.2) is 9.37 Å². The molecule has 0 N–H and O–H groups in total. The van der Waals surface area contributed by atoms with E-state index in [-0.39, 0.29) is 10.8 Å². The molecule has 2 aromatic rings. The molecule has 0 fully saturated rings. The van der Waals surface area contributed by atoms with E-state index in [0.717, 1.165) is 0 Å². The molecular formula is C11H7ClFN3. The highest BCUT2D eigenvalue weighted by Gasteiger charge is 2.16. The van der Waals surface area contributed by atoms with Crippen molar-refractivity contribution in [3.63, 3.8) is 0 Å². The molecule has 0 bridgehead atoms. The summed E-state index contributed by atoms with van der Waals surface area (Å²) in [5.41, 5.74) is 0.427. The van der Waals surface area contributed by atoms with Gasteiger partial charge in [-0.1, -0.05) is 23.7 Å². The monoisotopic (exact) mass is 235 g/mol. The fourth-order valence-electron chi connectivity index (χ4n) is 1.43. The van der Waals surface area contributed by atoms with Crippen LogP contribution in [-0.2, 0) is 7.05 Å². The lowest BCUT2D eigenvalue weighted by Gasteiger charge is -2.02. The zero-order valence-electron chi connectivity index (χ0n) is 8.41. The molecule has 0 amide bonds. The van der Waals surface area contributed by atoms with Gasteiger partial charge in [0, 0.05) is 7.05 Å². The molecule has 0 aliphatic heterocycles. The van der Waals surface area contributed by atoms with E-state index in [2.05, 4.69) is 4.98 Å². The Kier molecular flexibility index (Phi) is 2.63. The summed E-state index contributed by atoms with van der Waals surface area (Å²) in [6.45, 7) is 0. The number of rotatable bonds is 1. The molecule has 1 aromatic carbocycles. The lowest BCUT2D eigenvalue weighted by atomic mass is 10.2. The molecule has 80 valence electrons. The molecule has 0 radical (unpaired) electrons. The Morgan fingerprint density at radius 2 is 2.12 bits per heavy atom. The Balaban J connectivity index is 2.67. The average Bonchev–Trinajstić information content (AvgIpc) is 2.57. The van der Waals surface area contributed by atoms with Crippen LogP contribution in [0.15, 0.2) is 24.3 Å². The van der Waals surface area contributed by atoms with E-state index >= 15 is 0 Å². The highest BCUT2D eigenvalue weighted by Crippen LogP contribution is 2.26. The van der Waals surface area contributed by atoms with E-state index in [1.807, 2.05) is 6.07 Å². The van der Waals surface area contributed by atoms with Gasteiger partial charge in [0.15, 0.2) is 5.69 Å². The first kappa shape index (κ1) is 10.7. The summed E-state index contributed by atoms with van der Waals surface area (Å²) in [6.07, 6.45) is 0. The Bertz CT molecular complexity index is 583. The van der Waals surface area contributed by atoms with Crippen molar-refractivity contribution >= 4 is 11.6 Å². The van der Waals surface area contributed by atoms with E-state index in [0.29, 0.717) is 11.4 Å². The van der Waals surface area contributed by atoms with Gasteiger partial charge >= 0.3 is 0 Å². The highest BCUT2D eigenvalue weighted by molar-refractivity contribution is 6.30. The maximum atomic E-state index is 13.5. The molecule has 16 heavy (non-hydrogen) atoms. The number of nitriles is 1. The minimum Gasteiger partial charge on any atom is -0.317 e. The van der Waals surface area contributed by atoms with Gasteiger partial charge in [-0.3, -0.25) is 0 Å². The maximum Gasteiger partial charge on any atom is 0.178 e. The Morgan fingerprint density at radius 3 is 2.69 bits per heavy atom. The van der Waals surface area contributed by atoms with Crippen LogP contribution in [0.1, 0.15) is 5.69 Å². The van der Waals surface area contributed by atoms with Crippen molar-refractivity contribution in [1.29, 1.82) is 5.26 Å². The normalized spacial score (nSPS) is 10.1. The van der Waals surface area contributed by atoms with Crippen molar-refractivity contribution in [3.05, 3.63) is 40.9 Å². The van der Waals surface area contributed by atoms with Crippen molar-refractivity contribution in [3.8, 4) is 17.5 Å². The summed E-state index contributed by atoms with van der Waals surface area (Å²) in [6, 6.07) is 8.08. The number of halogens is 2. The molecule has 0 aliphatic rings. The summed E-state index contributed by atoms with van der Waals surface area (Å²) >= 11 is 5.87. The average molecular weight is 236 g/mol. The van der Waals surface area contributed by atoms with Crippen LogP contribution in [0.4, 0.5) is 4.39 Å². The largest absolute Gasteiger partial charge is 0.317 e. The van der Waals surface area contributed by atoms with E-state index in [9.17, 15) is 4.39 Å². The molecule has 0 aliphatic carbocycles. The van der Waals surface area contributed by atoms with Gasteiger partial charge in [0.2, 0.25) is 0 Å². The molecule has 1 heterocycles. The van der Waals surface area contributed by atoms with E-state index in [1.165, 1.54) is 10.6 Å². The minimum absolute atomic E-state index is 0.0995. The summed E-state index contributed by atoms with van der Waals surface area (Å²) in [5.74, 6) is -0.0450. The Morgan fingerprint density at radius 1 is 1.44 bits per heavy atom. The molecule has 1 aromatic heterocycles. The zero-order valence-corrected chi connectivity index (χ0v) is 9.16. The van der Waals surface area contributed by atoms with E-state index < -0.39 is 5.82 Å². The lowest BCUT2D eigenvalue weighted by molar-refractivity contribution is 0.629. The second kappa shape index (κ2) is 3.95. The number of nitrogens with zero attached hydrogens (tertiary/aromatic N) is 3. The summed E-state index contributed by atoms with van der Waals surface area (Å²) in [7, 11) is 1.64. The summed E-state index contributed by atoms with van der Waals surface area (Å²) in [5, 5.41) is 8.98. The van der Waals surface area contributed by atoms with Crippen LogP contribution < -0.4 is 0 Å². The molecule has 0 unspecified atom stereocenters. The first-order valence-electron chi connectivity index (χ1n) is 4.52. The standard InChI is InChI=1S/C11H7ClFN3/c1-16-10(12)9(6-14)15-11(16)7-4-2-3-5-8(7)13/h2-5H,1H3. The summed E-state index contributed by atoms with van der Waals surface area (Å²) < 4.78 is 15.0. The van der Waals surface area contributed by atoms with Crippen LogP contribution >= 0.6 is 11.6 Å². The quantitative estimate of drug-likeness (QED) is 0.763. The van der Waals surface area contributed by atoms with E-state index in [4.69, 9.17) is 16.9 Å². The summed E-state index contributed by atoms with van der Waals surface area (Å²) in [4.78, 5) is 3.99. The smallest absolute Gasteiger partial charge is 0.178 e. The number of hydrogen-bond acceptors (Lipinski definition) is 2. The zero-order chi connectivity index (χ0) is 11.7. The van der Waals surface area contributed by atoms with Crippen LogP contribution in [-0.4, -0.2) is 9.55 Å². The van der Waals surface area contributed by atoms with Gasteiger partial charge < -0.3 is 4.57 Å². The number of benzene rings is 1. The van der Waals surface area contributed by atoms with Gasteiger partial charge in [0.05, 0.1) is 5.56 Å². The van der Waals surface area contributed by atoms with Crippen molar-refractivity contribution in [2.24, 2.45) is 7.05 Å². The van der Waals surface area contributed by atoms with Gasteiger partial charge in [-0.15, -0.1) is 0 Å². The third-order valence-corrected chi connectivity index (χ3v) is 2.68. The van der Waals surface area contributed by atoms with Crippen LogP contribution in [0.3, 0.4) is 0 Å². The molecular weight excluding hydrogens is 229 g/mol. The minimum atomic E-state index is -0.392. The second-order valence-corrected chi connectivity index (χ2v) is 3.58. The topological polar surface area (TPSA) is 41.6 Å². The van der Waals surface area contributed by atoms with Crippen molar-refractivity contribution in [1.82, 2.24) is 9.55 Å². The van der Waals surface area contributed by atoms with Crippen LogP contribution in [0.5, 0.6) is 0 Å². The van der Waals surface area contributed by atoms with E-state index in [1.54, 1.807) is 25.2 Å². The molecule has 2 rings (SSSR count). The molecule has 3 nitrogen and oxygen atoms in total. The fourth-order valence-corrected chi connectivity index (χ4v) is 1.60.